The van der Waals surface area contributed by atoms with Gasteiger partial charge in [-0.2, -0.15) is 0 Å². The average Bonchev–Trinajstić information content (AvgIpc) is 3.53. The molecule has 12 heteroatoms. The summed E-state index contributed by atoms with van der Waals surface area (Å²) < 4.78 is 2.26. The van der Waals surface area contributed by atoms with Gasteiger partial charge in [-0.3, -0.25) is 39.2 Å². The third kappa shape index (κ3) is 5.63. The number of likely N-dealkylation sites (N-methyl/N-ethyl adjacent to an activating group) is 1. The van der Waals surface area contributed by atoms with Crippen molar-refractivity contribution in [3.05, 3.63) is 107 Å². The summed E-state index contributed by atoms with van der Waals surface area (Å²) in [5.41, 5.74) is 4.20. The number of carbonyl (C=O) groups is 5. The van der Waals surface area contributed by atoms with Gasteiger partial charge in [0, 0.05) is 54.8 Å². The molecule has 0 bridgehead atoms. The first-order valence-corrected chi connectivity index (χ1v) is 15.4. The number of carbonyl (C=O) groups excluding carboxylic acids is 5. The summed E-state index contributed by atoms with van der Waals surface area (Å²) >= 11 is 0. The number of imide groups is 2. The van der Waals surface area contributed by atoms with Crippen LogP contribution < -0.4 is 10.6 Å². The van der Waals surface area contributed by atoms with Gasteiger partial charge in [0.25, 0.3) is 17.7 Å². The second-order valence-electron chi connectivity index (χ2n) is 11.8. The Bertz CT molecular complexity index is 2030. The molecule has 47 heavy (non-hydrogen) atoms. The van der Waals surface area contributed by atoms with Gasteiger partial charge < -0.3 is 14.8 Å². The van der Waals surface area contributed by atoms with Gasteiger partial charge in [-0.1, -0.05) is 24.3 Å². The van der Waals surface area contributed by atoms with E-state index in [9.17, 15) is 24.0 Å². The van der Waals surface area contributed by atoms with E-state index in [0.717, 1.165) is 40.1 Å². The standard InChI is InChI=1S/C35H31N7O5/c1-40(15-16-41-28-7-3-2-5-24(28)25-6-4-14-36-31(25)41)20-21-8-10-23(37-18-21)19-38-32(44)22-9-11-26-27(17-22)35(47)42(34(26)46)29-12-13-30(43)39-33(29)45/h2-11,14,17-18,29H,12-13,15-16,19-20H2,1H3,(H,38,44)(H,39,43,45). The van der Waals surface area contributed by atoms with E-state index in [2.05, 4.69) is 55.3 Å². The number of piperidine rings is 1. The first-order chi connectivity index (χ1) is 22.8. The van der Waals surface area contributed by atoms with E-state index in [-0.39, 0.29) is 36.1 Å². The molecule has 7 rings (SSSR count). The third-order valence-electron chi connectivity index (χ3n) is 8.70. The fourth-order valence-corrected chi connectivity index (χ4v) is 6.30. The highest BCUT2D eigenvalue weighted by Gasteiger charge is 2.44. The Morgan fingerprint density at radius 2 is 1.77 bits per heavy atom. The fraction of sp³-hybridized carbons (Fsp3) is 0.229. The summed E-state index contributed by atoms with van der Waals surface area (Å²) in [6.45, 7) is 2.46. The Kier molecular flexibility index (Phi) is 7.78. The lowest BCUT2D eigenvalue weighted by Crippen LogP contribution is -2.54. The minimum atomic E-state index is -1.07. The van der Waals surface area contributed by atoms with Crippen molar-refractivity contribution in [1.29, 1.82) is 0 Å². The van der Waals surface area contributed by atoms with Gasteiger partial charge in [0.2, 0.25) is 11.8 Å². The second-order valence-corrected chi connectivity index (χ2v) is 11.8. The predicted molar refractivity (Wildman–Crippen MR) is 172 cm³/mol. The van der Waals surface area contributed by atoms with E-state index < -0.39 is 35.6 Å². The number of hydrogen-bond acceptors (Lipinski definition) is 8. The van der Waals surface area contributed by atoms with Crippen molar-refractivity contribution in [3.63, 3.8) is 0 Å². The van der Waals surface area contributed by atoms with Gasteiger partial charge in [-0.15, -0.1) is 0 Å². The third-order valence-corrected chi connectivity index (χ3v) is 8.70. The molecule has 0 aliphatic carbocycles. The van der Waals surface area contributed by atoms with E-state index in [4.69, 9.17) is 0 Å². The van der Waals surface area contributed by atoms with Crippen molar-refractivity contribution in [3.8, 4) is 0 Å². The molecule has 2 aromatic carbocycles. The maximum absolute atomic E-state index is 13.1. The lowest BCUT2D eigenvalue weighted by molar-refractivity contribution is -0.136. The van der Waals surface area contributed by atoms with Crippen molar-refractivity contribution < 1.29 is 24.0 Å². The molecule has 3 aromatic heterocycles. The van der Waals surface area contributed by atoms with E-state index in [1.807, 2.05) is 36.5 Å². The predicted octanol–water partition coefficient (Wildman–Crippen LogP) is 3.05. The van der Waals surface area contributed by atoms with Gasteiger partial charge in [0.05, 0.1) is 28.9 Å². The SMILES string of the molecule is CN(CCn1c2ccccc2c2cccnc21)Cc1ccc(CNC(=O)c2ccc3c(c2)C(=O)N(C2CCC(=O)NC2=O)C3=O)nc1. The zero-order valence-corrected chi connectivity index (χ0v) is 25.6. The molecule has 12 nitrogen and oxygen atoms in total. The number of fused-ring (bicyclic) bond motifs is 4. The van der Waals surface area contributed by atoms with Crippen molar-refractivity contribution in [2.75, 3.05) is 13.6 Å². The van der Waals surface area contributed by atoms with E-state index in [0.29, 0.717) is 12.2 Å². The summed E-state index contributed by atoms with van der Waals surface area (Å²) in [4.78, 5) is 75.0. The van der Waals surface area contributed by atoms with Gasteiger partial charge in [0.1, 0.15) is 11.7 Å². The zero-order valence-electron chi connectivity index (χ0n) is 25.6. The molecule has 1 atom stereocenters. The number of pyridine rings is 2. The number of nitrogens with zero attached hydrogens (tertiary/aromatic N) is 5. The van der Waals surface area contributed by atoms with Crippen LogP contribution in [0.15, 0.2) is 79.1 Å². The fourth-order valence-electron chi connectivity index (χ4n) is 6.30. The maximum atomic E-state index is 13.1. The number of benzene rings is 2. The van der Waals surface area contributed by atoms with Crippen LogP contribution in [0, 0.1) is 0 Å². The van der Waals surface area contributed by atoms with Crippen LogP contribution in [-0.4, -0.2) is 73.5 Å². The highest BCUT2D eigenvalue weighted by molar-refractivity contribution is 6.24. The van der Waals surface area contributed by atoms with Crippen molar-refractivity contribution >= 4 is 51.5 Å². The number of aromatic nitrogens is 3. The Balaban J connectivity index is 0.943. The Hall–Kier alpha value is -5.75. The molecule has 5 amide bonds. The maximum Gasteiger partial charge on any atom is 0.262 e. The lowest BCUT2D eigenvalue weighted by atomic mass is 10.0. The molecule has 0 spiro atoms. The lowest BCUT2D eigenvalue weighted by Gasteiger charge is -2.27. The highest BCUT2D eigenvalue weighted by atomic mass is 16.2. The molecule has 1 unspecified atom stereocenters. The van der Waals surface area contributed by atoms with Crippen molar-refractivity contribution in [1.82, 2.24) is 35.0 Å². The molecule has 1 saturated heterocycles. The van der Waals surface area contributed by atoms with Gasteiger partial charge in [-0.25, -0.2) is 4.98 Å². The van der Waals surface area contributed by atoms with Crippen LogP contribution in [0.25, 0.3) is 21.9 Å². The summed E-state index contributed by atoms with van der Waals surface area (Å²) in [7, 11) is 2.06. The molecule has 0 saturated carbocycles. The van der Waals surface area contributed by atoms with Crippen LogP contribution in [0.3, 0.4) is 0 Å². The van der Waals surface area contributed by atoms with Crippen molar-refractivity contribution in [2.24, 2.45) is 0 Å². The molecule has 0 radical (unpaired) electrons. The molecular weight excluding hydrogens is 598 g/mol. The zero-order chi connectivity index (χ0) is 32.7. The van der Waals surface area contributed by atoms with Gasteiger partial charge in [0.15, 0.2) is 0 Å². The molecule has 236 valence electrons. The Labute approximate surface area is 269 Å². The van der Waals surface area contributed by atoms with E-state index >= 15 is 0 Å². The number of rotatable bonds is 9. The van der Waals surface area contributed by atoms with E-state index in [1.54, 1.807) is 6.20 Å². The van der Waals surface area contributed by atoms with Crippen LogP contribution in [0.2, 0.25) is 0 Å². The van der Waals surface area contributed by atoms with E-state index in [1.165, 1.54) is 23.6 Å². The minimum absolute atomic E-state index is 0.0325. The number of nitrogens with one attached hydrogen (secondary N) is 2. The second kappa shape index (κ2) is 12.2. The average molecular weight is 630 g/mol. The highest BCUT2D eigenvalue weighted by Crippen LogP contribution is 2.29. The smallest absolute Gasteiger partial charge is 0.262 e. The summed E-state index contributed by atoms with van der Waals surface area (Å²) in [5.74, 6) is -2.84. The van der Waals surface area contributed by atoms with Gasteiger partial charge >= 0.3 is 0 Å². The molecule has 2 N–H and O–H groups in total. The summed E-state index contributed by atoms with van der Waals surface area (Å²) in [6.07, 6.45) is 3.71. The number of para-hydroxylation sites is 1. The van der Waals surface area contributed by atoms with Crippen molar-refractivity contribution in [2.45, 2.75) is 38.5 Å². The van der Waals surface area contributed by atoms with Crippen LogP contribution >= 0.6 is 0 Å². The molecule has 5 heterocycles. The summed E-state index contributed by atoms with van der Waals surface area (Å²) in [6, 6.07) is 19.4. The van der Waals surface area contributed by atoms with Crippen LogP contribution in [0.4, 0.5) is 0 Å². The molecule has 2 aliphatic rings. The molecule has 1 fully saturated rings. The Morgan fingerprint density at radius 1 is 0.957 bits per heavy atom. The molecule has 5 aromatic rings. The Morgan fingerprint density at radius 3 is 2.57 bits per heavy atom. The van der Waals surface area contributed by atoms with Crippen LogP contribution in [0.1, 0.15) is 55.2 Å². The van der Waals surface area contributed by atoms with Gasteiger partial charge in [-0.05, 0) is 61.5 Å². The largest absolute Gasteiger partial charge is 0.346 e. The normalized spacial score (nSPS) is 16.3. The van der Waals surface area contributed by atoms with Crippen LogP contribution in [-0.2, 0) is 29.2 Å². The molecular formula is C35H31N7O5. The van der Waals surface area contributed by atoms with Crippen LogP contribution in [0.5, 0.6) is 0 Å². The monoisotopic (exact) mass is 629 g/mol. The minimum Gasteiger partial charge on any atom is -0.346 e. The first kappa shape index (κ1) is 29.9. The number of amides is 5. The quantitative estimate of drug-likeness (QED) is 0.237. The number of hydrogen-bond donors (Lipinski definition) is 2. The first-order valence-electron chi connectivity index (χ1n) is 15.4. The summed E-state index contributed by atoms with van der Waals surface area (Å²) in [5, 5.41) is 7.33. The molecule has 2 aliphatic heterocycles. The topological polar surface area (TPSA) is 147 Å².